The number of hydrogen-bond donors (Lipinski definition) is 2. The van der Waals surface area contributed by atoms with E-state index < -0.39 is 6.10 Å². The van der Waals surface area contributed by atoms with Crippen molar-refractivity contribution in [3.05, 3.63) is 112 Å². The average Bonchev–Trinajstić information content (AvgIpc) is 3.38. The number of methoxy groups -OCH3 is 2. The highest BCUT2D eigenvalue weighted by Crippen LogP contribution is 2.36. The Bertz CT molecular complexity index is 1580. The van der Waals surface area contributed by atoms with Crippen LogP contribution in [0.2, 0.25) is 0 Å². The van der Waals surface area contributed by atoms with Gasteiger partial charge in [-0.3, -0.25) is 9.69 Å². The smallest absolute Gasteiger partial charge is 0.260 e. The van der Waals surface area contributed by atoms with Crippen molar-refractivity contribution in [1.29, 1.82) is 0 Å². The molecule has 2 heterocycles. The SMILES string of the molecule is COc1ccc(-c2csc3nc(CN(Cc4ccccc4)CC(O)Cc4ccccc4)[nH]c(=O)c23)cc1OC. The maximum atomic E-state index is 13.3. The molecular formula is C31H31N3O4S. The van der Waals surface area contributed by atoms with Crippen LogP contribution in [-0.2, 0) is 19.5 Å². The monoisotopic (exact) mass is 541 g/mol. The van der Waals surface area contributed by atoms with Crippen LogP contribution in [0.15, 0.2) is 89.0 Å². The summed E-state index contributed by atoms with van der Waals surface area (Å²) in [6.07, 6.45) is -0.0145. The Kier molecular flexibility index (Phi) is 8.36. The summed E-state index contributed by atoms with van der Waals surface area (Å²) in [5.74, 6) is 1.79. The standard InChI is InChI=1S/C31H31N3O4S/c1-37-26-14-13-23(16-27(26)38-2)25-20-39-31-29(25)30(36)32-28(33-31)19-34(17-22-11-7-4-8-12-22)18-24(35)15-21-9-5-3-6-10-21/h3-14,16,20,24,35H,15,17-19H2,1-2H3,(H,32,33,36). The van der Waals surface area contributed by atoms with Crippen LogP contribution in [0.25, 0.3) is 21.3 Å². The average molecular weight is 542 g/mol. The number of aromatic nitrogens is 2. The number of fused-ring (bicyclic) bond motifs is 1. The Morgan fingerprint density at radius 1 is 0.923 bits per heavy atom. The van der Waals surface area contributed by atoms with Crippen molar-refractivity contribution in [3.63, 3.8) is 0 Å². The van der Waals surface area contributed by atoms with E-state index in [9.17, 15) is 9.90 Å². The lowest BCUT2D eigenvalue weighted by atomic mass is 10.1. The zero-order valence-corrected chi connectivity index (χ0v) is 22.8. The highest BCUT2D eigenvalue weighted by molar-refractivity contribution is 7.17. The van der Waals surface area contributed by atoms with Crippen LogP contribution in [0.5, 0.6) is 11.5 Å². The third-order valence-corrected chi connectivity index (χ3v) is 7.47. The largest absolute Gasteiger partial charge is 0.493 e. The minimum absolute atomic E-state index is 0.189. The number of thiophene rings is 1. The van der Waals surface area contributed by atoms with Crippen LogP contribution in [0.4, 0.5) is 0 Å². The summed E-state index contributed by atoms with van der Waals surface area (Å²) in [6.45, 7) is 1.46. The van der Waals surface area contributed by atoms with E-state index in [4.69, 9.17) is 14.5 Å². The van der Waals surface area contributed by atoms with Crippen molar-refractivity contribution in [2.24, 2.45) is 0 Å². The van der Waals surface area contributed by atoms with E-state index >= 15 is 0 Å². The zero-order valence-electron chi connectivity index (χ0n) is 22.0. The molecule has 0 aliphatic rings. The van der Waals surface area contributed by atoms with E-state index in [0.717, 1.165) is 22.3 Å². The number of benzene rings is 3. The molecule has 0 saturated heterocycles. The third kappa shape index (κ3) is 6.37. The van der Waals surface area contributed by atoms with Gasteiger partial charge in [0.2, 0.25) is 0 Å². The predicted molar refractivity (Wildman–Crippen MR) is 155 cm³/mol. The van der Waals surface area contributed by atoms with Gasteiger partial charge >= 0.3 is 0 Å². The minimum atomic E-state index is -0.565. The second kappa shape index (κ2) is 12.3. The molecule has 7 nitrogen and oxygen atoms in total. The highest BCUT2D eigenvalue weighted by atomic mass is 32.1. The Hall–Kier alpha value is -3.98. The van der Waals surface area contributed by atoms with Crippen molar-refractivity contribution in [3.8, 4) is 22.6 Å². The van der Waals surface area contributed by atoms with Crippen molar-refractivity contribution in [1.82, 2.24) is 14.9 Å². The summed E-state index contributed by atoms with van der Waals surface area (Å²) >= 11 is 1.44. The van der Waals surface area contributed by atoms with Crippen LogP contribution in [0.3, 0.4) is 0 Å². The molecule has 3 aromatic carbocycles. The Labute approximate surface area is 231 Å². The zero-order chi connectivity index (χ0) is 27.2. The Balaban J connectivity index is 1.41. The molecule has 8 heteroatoms. The molecule has 0 radical (unpaired) electrons. The number of hydrogen-bond acceptors (Lipinski definition) is 7. The first kappa shape index (κ1) is 26.6. The van der Waals surface area contributed by atoms with Gasteiger partial charge in [0, 0.05) is 24.0 Å². The number of H-pyrrole nitrogens is 1. The molecule has 1 unspecified atom stereocenters. The molecule has 0 aliphatic carbocycles. The van der Waals surface area contributed by atoms with E-state index in [1.807, 2.05) is 72.1 Å². The van der Waals surface area contributed by atoms with Gasteiger partial charge in [-0.05, 0) is 35.2 Å². The highest BCUT2D eigenvalue weighted by Gasteiger charge is 2.18. The van der Waals surface area contributed by atoms with Crippen LogP contribution in [0.1, 0.15) is 17.0 Å². The van der Waals surface area contributed by atoms with Crippen LogP contribution in [0, 0.1) is 0 Å². The van der Waals surface area contributed by atoms with Gasteiger partial charge in [0.15, 0.2) is 11.5 Å². The van der Waals surface area contributed by atoms with Gasteiger partial charge in [0.05, 0.1) is 32.3 Å². The molecular weight excluding hydrogens is 510 g/mol. The Morgan fingerprint density at radius 3 is 2.31 bits per heavy atom. The molecule has 0 aliphatic heterocycles. The number of ether oxygens (including phenoxy) is 2. The van der Waals surface area contributed by atoms with Crippen molar-refractivity contribution in [2.75, 3.05) is 20.8 Å². The van der Waals surface area contributed by atoms with Gasteiger partial charge < -0.3 is 19.6 Å². The predicted octanol–water partition coefficient (Wildman–Crippen LogP) is 5.27. The van der Waals surface area contributed by atoms with Crippen molar-refractivity contribution >= 4 is 21.6 Å². The number of aliphatic hydroxyl groups excluding tert-OH is 1. The van der Waals surface area contributed by atoms with E-state index in [1.54, 1.807) is 14.2 Å². The fraction of sp³-hybridized carbons (Fsp3) is 0.226. The van der Waals surface area contributed by atoms with E-state index in [0.29, 0.717) is 53.6 Å². The fourth-order valence-corrected chi connectivity index (χ4v) is 5.74. The van der Waals surface area contributed by atoms with Crippen LogP contribution >= 0.6 is 11.3 Å². The molecule has 1 atom stereocenters. The molecule has 200 valence electrons. The lowest BCUT2D eigenvalue weighted by Crippen LogP contribution is -2.34. The molecule has 2 aromatic heterocycles. The van der Waals surface area contributed by atoms with E-state index in [2.05, 4.69) is 22.0 Å². The van der Waals surface area contributed by atoms with Gasteiger partial charge in [0.25, 0.3) is 5.56 Å². The van der Waals surface area contributed by atoms with E-state index in [1.165, 1.54) is 11.3 Å². The number of nitrogens with one attached hydrogen (secondary N) is 1. The number of nitrogens with zero attached hydrogens (tertiary/aromatic N) is 2. The molecule has 0 spiro atoms. The fourth-order valence-electron chi connectivity index (χ4n) is 4.77. The molecule has 39 heavy (non-hydrogen) atoms. The molecule has 0 bridgehead atoms. The molecule has 2 N–H and O–H groups in total. The van der Waals surface area contributed by atoms with Gasteiger partial charge in [-0.25, -0.2) is 4.98 Å². The van der Waals surface area contributed by atoms with Crippen LogP contribution in [-0.4, -0.2) is 46.8 Å². The molecule has 5 rings (SSSR count). The summed E-state index contributed by atoms with van der Waals surface area (Å²) in [4.78, 5) is 23.9. The van der Waals surface area contributed by atoms with Crippen LogP contribution < -0.4 is 15.0 Å². The van der Waals surface area contributed by atoms with Crippen molar-refractivity contribution in [2.45, 2.75) is 25.6 Å². The number of rotatable bonds is 11. The van der Waals surface area contributed by atoms with Gasteiger partial charge in [-0.1, -0.05) is 66.7 Å². The summed E-state index contributed by atoms with van der Waals surface area (Å²) in [6, 6.07) is 25.7. The Morgan fingerprint density at radius 2 is 1.62 bits per heavy atom. The molecule has 5 aromatic rings. The minimum Gasteiger partial charge on any atom is -0.493 e. The second-order valence-corrected chi connectivity index (χ2v) is 10.3. The maximum Gasteiger partial charge on any atom is 0.260 e. The second-order valence-electron chi connectivity index (χ2n) is 9.41. The van der Waals surface area contributed by atoms with E-state index in [-0.39, 0.29) is 5.56 Å². The maximum absolute atomic E-state index is 13.3. The quantitative estimate of drug-likeness (QED) is 0.237. The summed E-state index contributed by atoms with van der Waals surface area (Å²) in [5.41, 5.74) is 3.67. The lowest BCUT2D eigenvalue weighted by Gasteiger charge is -2.25. The summed E-state index contributed by atoms with van der Waals surface area (Å²) < 4.78 is 10.8. The third-order valence-electron chi connectivity index (χ3n) is 6.59. The van der Waals surface area contributed by atoms with Gasteiger partial charge in [-0.2, -0.15) is 0 Å². The molecule has 0 fully saturated rings. The van der Waals surface area contributed by atoms with Gasteiger partial charge in [-0.15, -0.1) is 11.3 Å². The normalized spacial score (nSPS) is 12.1. The summed E-state index contributed by atoms with van der Waals surface area (Å²) in [5, 5.41) is 13.4. The first-order chi connectivity index (χ1) is 19.0. The number of aromatic amines is 1. The lowest BCUT2D eigenvalue weighted by molar-refractivity contribution is 0.103. The topological polar surface area (TPSA) is 87.7 Å². The molecule has 0 amide bonds. The van der Waals surface area contributed by atoms with Gasteiger partial charge in [0.1, 0.15) is 10.7 Å². The summed E-state index contributed by atoms with van der Waals surface area (Å²) in [7, 11) is 3.18. The first-order valence-electron chi connectivity index (χ1n) is 12.7. The number of aliphatic hydroxyl groups is 1. The first-order valence-corrected chi connectivity index (χ1v) is 13.6. The van der Waals surface area contributed by atoms with Crippen molar-refractivity contribution < 1.29 is 14.6 Å². The molecule has 0 saturated carbocycles.